The Labute approximate surface area is 124 Å². The van der Waals surface area contributed by atoms with Crippen LogP contribution in [0.1, 0.15) is 20.8 Å². The number of rotatable bonds is 4. The van der Waals surface area contributed by atoms with E-state index >= 15 is 0 Å². The van der Waals surface area contributed by atoms with Gasteiger partial charge in [0.15, 0.2) is 0 Å². The summed E-state index contributed by atoms with van der Waals surface area (Å²) in [4.78, 5) is 8.24. The van der Waals surface area contributed by atoms with Crippen molar-refractivity contribution in [2.75, 3.05) is 24.2 Å². The van der Waals surface area contributed by atoms with Crippen molar-refractivity contribution in [2.24, 2.45) is 0 Å². The minimum atomic E-state index is -3.51. The van der Waals surface area contributed by atoms with Gasteiger partial charge >= 0.3 is 0 Å². The van der Waals surface area contributed by atoms with Crippen LogP contribution in [-0.2, 0) is 10.0 Å². The van der Waals surface area contributed by atoms with E-state index in [1.54, 1.807) is 16.1 Å². The SMILES string of the molecule is CCNc1ncc(S(=O)(=O)N2CCSC(C)C2C)cn1. The standard InChI is InChI=1S/C12H20N4O2S2/c1-4-13-12-14-7-11(8-15-12)20(17,18)16-5-6-19-10(3)9(16)2/h7-10H,4-6H2,1-3H3,(H,13,14,15). The molecule has 112 valence electrons. The number of nitrogens with zero attached hydrogens (tertiary/aromatic N) is 3. The third-order valence-electron chi connectivity index (χ3n) is 3.40. The molecule has 2 atom stereocenters. The lowest BCUT2D eigenvalue weighted by Gasteiger charge is -2.36. The van der Waals surface area contributed by atoms with Crippen LogP contribution in [0.5, 0.6) is 0 Å². The van der Waals surface area contributed by atoms with E-state index in [0.717, 1.165) is 5.75 Å². The zero-order valence-corrected chi connectivity index (χ0v) is 13.5. The second-order valence-corrected chi connectivity index (χ2v) is 8.08. The highest BCUT2D eigenvalue weighted by molar-refractivity contribution is 8.00. The molecule has 6 nitrogen and oxygen atoms in total. The topological polar surface area (TPSA) is 75.2 Å². The fourth-order valence-corrected chi connectivity index (χ4v) is 4.97. The highest BCUT2D eigenvalue weighted by Crippen LogP contribution is 2.29. The van der Waals surface area contributed by atoms with E-state index < -0.39 is 10.0 Å². The highest BCUT2D eigenvalue weighted by Gasteiger charge is 2.35. The Morgan fingerprint density at radius 1 is 1.40 bits per heavy atom. The molecule has 2 rings (SSSR count). The van der Waals surface area contributed by atoms with Crippen molar-refractivity contribution in [3.8, 4) is 0 Å². The van der Waals surface area contributed by atoms with E-state index in [0.29, 0.717) is 24.3 Å². The fraction of sp³-hybridized carbons (Fsp3) is 0.667. The quantitative estimate of drug-likeness (QED) is 0.905. The fourth-order valence-electron chi connectivity index (χ4n) is 2.08. The molecule has 0 aliphatic carbocycles. The molecule has 1 fully saturated rings. The van der Waals surface area contributed by atoms with Crippen molar-refractivity contribution in [1.29, 1.82) is 0 Å². The number of hydrogen-bond acceptors (Lipinski definition) is 6. The molecule has 0 radical (unpaired) electrons. The van der Waals surface area contributed by atoms with Gasteiger partial charge in [0, 0.05) is 30.1 Å². The monoisotopic (exact) mass is 316 g/mol. The summed E-state index contributed by atoms with van der Waals surface area (Å²) in [5.41, 5.74) is 0. The van der Waals surface area contributed by atoms with Crippen LogP contribution in [0.4, 0.5) is 5.95 Å². The van der Waals surface area contributed by atoms with Gasteiger partial charge in [0.2, 0.25) is 16.0 Å². The summed E-state index contributed by atoms with van der Waals surface area (Å²) < 4.78 is 26.8. The largest absolute Gasteiger partial charge is 0.355 e. The van der Waals surface area contributed by atoms with Crippen LogP contribution >= 0.6 is 11.8 Å². The summed E-state index contributed by atoms with van der Waals surface area (Å²) in [6, 6.07) is -0.0211. The smallest absolute Gasteiger partial charge is 0.246 e. The van der Waals surface area contributed by atoms with Crippen molar-refractivity contribution >= 4 is 27.7 Å². The van der Waals surface area contributed by atoms with Crippen LogP contribution < -0.4 is 5.32 Å². The minimum absolute atomic E-state index is 0.0211. The molecule has 20 heavy (non-hydrogen) atoms. The van der Waals surface area contributed by atoms with E-state index in [9.17, 15) is 8.42 Å². The van der Waals surface area contributed by atoms with Crippen LogP contribution in [0.2, 0.25) is 0 Å². The Bertz CT molecular complexity index is 547. The van der Waals surface area contributed by atoms with Gasteiger partial charge in [0.1, 0.15) is 4.90 Å². The molecule has 1 aromatic rings. The van der Waals surface area contributed by atoms with Crippen LogP contribution in [0, 0.1) is 0 Å². The van der Waals surface area contributed by atoms with Gasteiger partial charge in [-0.1, -0.05) is 6.92 Å². The van der Waals surface area contributed by atoms with Gasteiger partial charge in [-0.05, 0) is 13.8 Å². The van der Waals surface area contributed by atoms with E-state index in [2.05, 4.69) is 22.2 Å². The molecule has 1 saturated heterocycles. The van der Waals surface area contributed by atoms with E-state index in [1.807, 2.05) is 13.8 Å². The zero-order chi connectivity index (χ0) is 14.8. The minimum Gasteiger partial charge on any atom is -0.355 e. The maximum absolute atomic E-state index is 12.6. The number of thioether (sulfide) groups is 1. The van der Waals surface area contributed by atoms with Gasteiger partial charge in [0.05, 0.1) is 12.4 Å². The first-order valence-corrected chi connectivity index (χ1v) is 9.15. The van der Waals surface area contributed by atoms with E-state index in [-0.39, 0.29) is 10.9 Å². The van der Waals surface area contributed by atoms with Crippen LogP contribution in [0.3, 0.4) is 0 Å². The Kier molecular flexibility index (Phi) is 4.87. The van der Waals surface area contributed by atoms with Gasteiger partial charge in [-0.15, -0.1) is 0 Å². The number of hydrogen-bond donors (Lipinski definition) is 1. The van der Waals surface area contributed by atoms with Crippen molar-refractivity contribution in [3.63, 3.8) is 0 Å². The maximum atomic E-state index is 12.6. The third-order valence-corrected chi connectivity index (χ3v) is 6.67. The average molecular weight is 316 g/mol. The molecule has 1 aromatic heterocycles. The molecule has 0 saturated carbocycles. The Hall–Kier alpha value is -0.860. The first-order valence-electron chi connectivity index (χ1n) is 6.66. The normalized spacial score (nSPS) is 24.6. The van der Waals surface area contributed by atoms with Gasteiger partial charge in [-0.2, -0.15) is 16.1 Å². The van der Waals surface area contributed by atoms with Gasteiger partial charge in [0.25, 0.3) is 0 Å². The Balaban J connectivity index is 2.25. The predicted octanol–water partition coefficient (Wildman–Crippen LogP) is 1.42. The summed E-state index contributed by atoms with van der Waals surface area (Å²) in [7, 11) is -3.51. The molecule has 0 aromatic carbocycles. The molecule has 2 heterocycles. The van der Waals surface area contributed by atoms with Crippen molar-refractivity contribution in [3.05, 3.63) is 12.4 Å². The Morgan fingerprint density at radius 3 is 2.65 bits per heavy atom. The van der Waals surface area contributed by atoms with Gasteiger partial charge in [-0.25, -0.2) is 18.4 Å². The second-order valence-electron chi connectivity index (χ2n) is 4.70. The second kappa shape index (κ2) is 6.28. The molecular weight excluding hydrogens is 296 g/mol. The third kappa shape index (κ3) is 3.07. The number of anilines is 1. The first kappa shape index (κ1) is 15.5. The summed E-state index contributed by atoms with van der Waals surface area (Å²) in [5, 5.41) is 3.24. The molecule has 1 N–H and O–H groups in total. The number of aromatic nitrogens is 2. The molecular formula is C12H20N4O2S2. The molecule has 0 amide bonds. The molecule has 8 heteroatoms. The number of sulfonamides is 1. The molecule has 2 unspecified atom stereocenters. The lowest BCUT2D eigenvalue weighted by atomic mass is 10.2. The van der Waals surface area contributed by atoms with Crippen LogP contribution in [0.15, 0.2) is 17.3 Å². The maximum Gasteiger partial charge on any atom is 0.246 e. The van der Waals surface area contributed by atoms with Crippen molar-refractivity contribution in [1.82, 2.24) is 14.3 Å². The first-order chi connectivity index (χ1) is 9.46. The van der Waals surface area contributed by atoms with Gasteiger partial charge < -0.3 is 5.32 Å². The highest BCUT2D eigenvalue weighted by atomic mass is 32.2. The number of nitrogens with one attached hydrogen (secondary N) is 1. The summed E-state index contributed by atoms with van der Waals surface area (Å²) >= 11 is 1.80. The van der Waals surface area contributed by atoms with Gasteiger partial charge in [-0.3, -0.25) is 0 Å². The van der Waals surface area contributed by atoms with Crippen LogP contribution in [-0.4, -0.2) is 52.8 Å². The van der Waals surface area contributed by atoms with E-state index in [4.69, 9.17) is 0 Å². The molecule has 0 bridgehead atoms. The lowest BCUT2D eigenvalue weighted by Crippen LogP contribution is -2.47. The summed E-state index contributed by atoms with van der Waals surface area (Å²) in [6.45, 7) is 7.17. The predicted molar refractivity (Wildman–Crippen MR) is 81.5 cm³/mol. The van der Waals surface area contributed by atoms with Crippen molar-refractivity contribution < 1.29 is 8.42 Å². The van der Waals surface area contributed by atoms with E-state index in [1.165, 1.54) is 12.4 Å². The van der Waals surface area contributed by atoms with Crippen LogP contribution in [0.25, 0.3) is 0 Å². The zero-order valence-electron chi connectivity index (χ0n) is 11.9. The lowest BCUT2D eigenvalue weighted by molar-refractivity contribution is 0.340. The summed E-state index contributed by atoms with van der Waals surface area (Å²) in [6.07, 6.45) is 2.75. The molecule has 0 spiro atoms. The summed E-state index contributed by atoms with van der Waals surface area (Å²) in [5.74, 6) is 1.27. The average Bonchev–Trinajstić information content (AvgIpc) is 2.42. The molecule has 1 aliphatic heterocycles. The Morgan fingerprint density at radius 2 is 2.05 bits per heavy atom. The van der Waals surface area contributed by atoms with Crippen molar-refractivity contribution in [2.45, 2.75) is 37.0 Å². The molecule has 1 aliphatic rings.